The molecule has 6 heteroatoms. The predicted octanol–water partition coefficient (Wildman–Crippen LogP) is 2.75. The Morgan fingerprint density at radius 1 is 1.36 bits per heavy atom. The minimum absolute atomic E-state index is 0.0764. The summed E-state index contributed by atoms with van der Waals surface area (Å²) in [5, 5.41) is 2.89. The maximum atomic E-state index is 12.2. The molecule has 5 nitrogen and oxygen atoms in total. The number of amides is 1. The van der Waals surface area contributed by atoms with Gasteiger partial charge in [-0.1, -0.05) is 19.9 Å². The van der Waals surface area contributed by atoms with Gasteiger partial charge in [-0.05, 0) is 46.7 Å². The van der Waals surface area contributed by atoms with Gasteiger partial charge in [0.05, 0.1) is 20.1 Å². The van der Waals surface area contributed by atoms with Crippen molar-refractivity contribution in [1.29, 1.82) is 0 Å². The van der Waals surface area contributed by atoms with E-state index in [9.17, 15) is 9.59 Å². The number of ether oxygens (including phenoxy) is 1. The van der Waals surface area contributed by atoms with Gasteiger partial charge in [0.2, 0.25) is 5.91 Å². The molecule has 1 aromatic carbocycles. The summed E-state index contributed by atoms with van der Waals surface area (Å²) < 4.78 is 5.72. The van der Waals surface area contributed by atoms with Gasteiger partial charge in [0.15, 0.2) is 0 Å². The standard InChI is InChI=1S/C16H23IN2O3/c1-12(2)10-19(8-7-16(21)22-3)11-15(20)18-14-6-4-5-13(17)9-14/h4-6,9,12H,7-8,10-11H2,1-3H3,(H,18,20). The van der Waals surface area contributed by atoms with Crippen LogP contribution in [0, 0.1) is 9.49 Å². The predicted molar refractivity (Wildman–Crippen MR) is 95.7 cm³/mol. The Balaban J connectivity index is 2.55. The largest absolute Gasteiger partial charge is 0.469 e. The summed E-state index contributed by atoms with van der Waals surface area (Å²) >= 11 is 2.21. The summed E-state index contributed by atoms with van der Waals surface area (Å²) in [5.74, 6) is 0.0856. The molecule has 0 heterocycles. The van der Waals surface area contributed by atoms with E-state index >= 15 is 0 Å². The lowest BCUT2D eigenvalue weighted by Crippen LogP contribution is -2.37. The molecule has 0 radical (unpaired) electrons. The number of carbonyl (C=O) groups excluding carboxylic acids is 2. The average molecular weight is 418 g/mol. The van der Waals surface area contributed by atoms with E-state index in [0.29, 0.717) is 18.9 Å². The highest BCUT2D eigenvalue weighted by Crippen LogP contribution is 2.12. The fraction of sp³-hybridized carbons (Fsp3) is 0.500. The number of nitrogens with zero attached hydrogens (tertiary/aromatic N) is 1. The maximum absolute atomic E-state index is 12.2. The van der Waals surface area contributed by atoms with Crippen LogP contribution < -0.4 is 5.32 Å². The van der Waals surface area contributed by atoms with Crippen LogP contribution in [0.3, 0.4) is 0 Å². The van der Waals surface area contributed by atoms with Crippen molar-refractivity contribution in [3.05, 3.63) is 27.8 Å². The first kappa shape index (κ1) is 18.9. The van der Waals surface area contributed by atoms with E-state index in [1.807, 2.05) is 29.2 Å². The quantitative estimate of drug-likeness (QED) is 0.521. The fourth-order valence-corrected chi connectivity index (χ4v) is 2.62. The van der Waals surface area contributed by atoms with E-state index in [4.69, 9.17) is 0 Å². The molecule has 0 aliphatic heterocycles. The Hall–Kier alpha value is -1.15. The zero-order chi connectivity index (χ0) is 16.5. The molecule has 0 aromatic heterocycles. The number of halogens is 1. The number of esters is 1. The molecule has 0 saturated heterocycles. The molecular formula is C16H23IN2O3. The smallest absolute Gasteiger partial charge is 0.306 e. The summed E-state index contributed by atoms with van der Waals surface area (Å²) in [6, 6.07) is 7.65. The molecule has 122 valence electrons. The molecule has 1 amide bonds. The lowest BCUT2D eigenvalue weighted by molar-refractivity contribution is -0.141. The van der Waals surface area contributed by atoms with Crippen LogP contribution in [0.2, 0.25) is 0 Å². The zero-order valence-electron chi connectivity index (χ0n) is 13.3. The second-order valence-electron chi connectivity index (χ2n) is 5.51. The van der Waals surface area contributed by atoms with Gasteiger partial charge >= 0.3 is 5.97 Å². The van der Waals surface area contributed by atoms with E-state index in [-0.39, 0.29) is 18.4 Å². The van der Waals surface area contributed by atoms with Gasteiger partial charge in [-0.25, -0.2) is 0 Å². The number of anilines is 1. The Kier molecular flexibility index (Phi) is 8.40. The summed E-state index contributed by atoms with van der Waals surface area (Å²) in [6.45, 7) is 5.72. The van der Waals surface area contributed by atoms with Crippen molar-refractivity contribution < 1.29 is 14.3 Å². The fourth-order valence-electron chi connectivity index (χ4n) is 2.07. The van der Waals surface area contributed by atoms with Crippen molar-refractivity contribution in [3.8, 4) is 0 Å². The summed E-state index contributed by atoms with van der Waals surface area (Å²) in [7, 11) is 1.37. The van der Waals surface area contributed by atoms with E-state index in [1.54, 1.807) is 0 Å². The van der Waals surface area contributed by atoms with Crippen LogP contribution in [0.5, 0.6) is 0 Å². The summed E-state index contributed by atoms with van der Waals surface area (Å²) in [4.78, 5) is 25.4. The van der Waals surface area contributed by atoms with E-state index in [0.717, 1.165) is 15.8 Å². The molecule has 0 atom stereocenters. The minimum Gasteiger partial charge on any atom is -0.469 e. The molecule has 1 aromatic rings. The molecule has 0 fully saturated rings. The molecule has 0 bridgehead atoms. The van der Waals surface area contributed by atoms with Gasteiger partial charge in [-0.15, -0.1) is 0 Å². The molecule has 1 rings (SSSR count). The molecule has 1 N–H and O–H groups in total. The minimum atomic E-state index is -0.258. The van der Waals surface area contributed by atoms with Crippen LogP contribution in [-0.2, 0) is 14.3 Å². The van der Waals surface area contributed by atoms with Crippen LogP contribution in [-0.4, -0.2) is 43.5 Å². The first-order valence-electron chi connectivity index (χ1n) is 7.25. The normalized spacial score (nSPS) is 10.8. The summed E-state index contributed by atoms with van der Waals surface area (Å²) in [5.41, 5.74) is 0.786. The van der Waals surface area contributed by atoms with Crippen molar-refractivity contribution in [3.63, 3.8) is 0 Å². The highest BCUT2D eigenvalue weighted by Gasteiger charge is 2.14. The number of nitrogens with one attached hydrogen (secondary N) is 1. The highest BCUT2D eigenvalue weighted by molar-refractivity contribution is 14.1. The Morgan fingerprint density at radius 2 is 2.09 bits per heavy atom. The van der Waals surface area contributed by atoms with Crippen molar-refractivity contribution in [2.24, 2.45) is 5.92 Å². The number of hydrogen-bond acceptors (Lipinski definition) is 4. The molecule has 0 saturated carbocycles. The number of hydrogen-bond donors (Lipinski definition) is 1. The van der Waals surface area contributed by atoms with Crippen molar-refractivity contribution in [1.82, 2.24) is 4.90 Å². The SMILES string of the molecule is COC(=O)CCN(CC(=O)Nc1cccc(I)c1)CC(C)C. The third-order valence-electron chi connectivity index (χ3n) is 2.96. The molecule has 0 unspecified atom stereocenters. The Labute approximate surface area is 145 Å². The average Bonchev–Trinajstić information content (AvgIpc) is 2.43. The summed E-state index contributed by atoms with van der Waals surface area (Å²) in [6.07, 6.45) is 0.291. The Bertz CT molecular complexity index is 506. The van der Waals surface area contributed by atoms with Crippen LogP contribution in [0.25, 0.3) is 0 Å². The maximum Gasteiger partial charge on any atom is 0.306 e. The number of carbonyl (C=O) groups is 2. The van der Waals surface area contributed by atoms with Gasteiger partial charge in [0, 0.05) is 22.3 Å². The van der Waals surface area contributed by atoms with Gasteiger partial charge in [0.25, 0.3) is 0 Å². The van der Waals surface area contributed by atoms with Gasteiger partial charge < -0.3 is 10.1 Å². The number of methoxy groups -OCH3 is 1. The molecule has 0 aliphatic carbocycles. The van der Waals surface area contributed by atoms with Crippen molar-refractivity contribution in [2.45, 2.75) is 20.3 Å². The van der Waals surface area contributed by atoms with Crippen molar-refractivity contribution >= 4 is 40.2 Å². The monoisotopic (exact) mass is 418 g/mol. The second kappa shape index (κ2) is 9.78. The van der Waals surface area contributed by atoms with E-state index in [2.05, 4.69) is 46.5 Å². The van der Waals surface area contributed by atoms with Gasteiger partial charge in [-0.2, -0.15) is 0 Å². The first-order valence-corrected chi connectivity index (χ1v) is 8.33. The van der Waals surface area contributed by atoms with Crippen LogP contribution >= 0.6 is 22.6 Å². The number of rotatable bonds is 8. The highest BCUT2D eigenvalue weighted by atomic mass is 127. The topological polar surface area (TPSA) is 58.6 Å². The van der Waals surface area contributed by atoms with E-state index < -0.39 is 0 Å². The lowest BCUT2D eigenvalue weighted by Gasteiger charge is -2.23. The first-order chi connectivity index (χ1) is 10.4. The Morgan fingerprint density at radius 3 is 2.68 bits per heavy atom. The second-order valence-corrected chi connectivity index (χ2v) is 6.76. The van der Waals surface area contributed by atoms with Crippen LogP contribution in [0.15, 0.2) is 24.3 Å². The lowest BCUT2D eigenvalue weighted by atomic mass is 10.2. The molecule has 22 heavy (non-hydrogen) atoms. The van der Waals surface area contributed by atoms with Crippen LogP contribution in [0.1, 0.15) is 20.3 Å². The third-order valence-corrected chi connectivity index (χ3v) is 3.63. The third kappa shape index (κ3) is 7.74. The number of benzene rings is 1. The van der Waals surface area contributed by atoms with E-state index in [1.165, 1.54) is 7.11 Å². The molecule has 0 spiro atoms. The molecular weight excluding hydrogens is 395 g/mol. The molecule has 0 aliphatic rings. The van der Waals surface area contributed by atoms with Crippen LogP contribution in [0.4, 0.5) is 5.69 Å². The van der Waals surface area contributed by atoms with Gasteiger partial charge in [0.1, 0.15) is 0 Å². The van der Waals surface area contributed by atoms with Crippen molar-refractivity contribution in [2.75, 3.05) is 32.1 Å². The van der Waals surface area contributed by atoms with Gasteiger partial charge in [-0.3, -0.25) is 14.5 Å². The zero-order valence-corrected chi connectivity index (χ0v) is 15.4.